The van der Waals surface area contributed by atoms with Gasteiger partial charge < -0.3 is 10.1 Å². The number of ether oxygens (including phenoxy) is 1. The predicted molar refractivity (Wildman–Crippen MR) is 111 cm³/mol. The molecule has 0 aliphatic carbocycles. The number of hydrogen-bond donors (Lipinski definition) is 1. The standard InChI is InChI=1S/C21H27N3O4S/c1-28-19-9-7-18(8-10-19)17-21(25)22-11-12-23-13-15-24(16-14-23)29(26,27)20-5-3-2-4-6-20/h2-10H,11-17H2,1H3,(H,22,25). The van der Waals surface area contributed by atoms with Crippen LogP contribution in [-0.2, 0) is 21.2 Å². The highest BCUT2D eigenvalue weighted by Crippen LogP contribution is 2.17. The van der Waals surface area contributed by atoms with Crippen molar-refractivity contribution in [3.8, 4) is 5.75 Å². The van der Waals surface area contributed by atoms with Crippen molar-refractivity contribution in [3.63, 3.8) is 0 Å². The quantitative estimate of drug-likeness (QED) is 0.702. The van der Waals surface area contributed by atoms with Crippen molar-refractivity contribution in [1.82, 2.24) is 14.5 Å². The molecular formula is C21H27N3O4S. The maximum Gasteiger partial charge on any atom is 0.243 e. The lowest BCUT2D eigenvalue weighted by molar-refractivity contribution is -0.120. The molecule has 1 amide bonds. The van der Waals surface area contributed by atoms with E-state index in [1.807, 2.05) is 24.3 Å². The number of amides is 1. The molecule has 8 heteroatoms. The van der Waals surface area contributed by atoms with Crippen molar-refractivity contribution in [2.24, 2.45) is 0 Å². The maximum atomic E-state index is 12.7. The van der Waals surface area contributed by atoms with Crippen molar-refractivity contribution in [1.29, 1.82) is 0 Å². The SMILES string of the molecule is COc1ccc(CC(=O)NCCN2CCN(S(=O)(=O)c3ccccc3)CC2)cc1. The Morgan fingerprint density at radius 1 is 1.00 bits per heavy atom. The number of benzene rings is 2. The van der Waals surface area contributed by atoms with Gasteiger partial charge in [-0.1, -0.05) is 30.3 Å². The molecule has 1 heterocycles. The number of carbonyl (C=O) groups is 1. The van der Waals surface area contributed by atoms with Crippen LogP contribution in [0.2, 0.25) is 0 Å². The Labute approximate surface area is 172 Å². The van der Waals surface area contributed by atoms with E-state index in [-0.39, 0.29) is 5.91 Å². The topological polar surface area (TPSA) is 79.0 Å². The van der Waals surface area contributed by atoms with E-state index in [2.05, 4.69) is 10.2 Å². The molecule has 0 bridgehead atoms. The third-order valence-corrected chi connectivity index (χ3v) is 6.90. The average Bonchev–Trinajstić information content (AvgIpc) is 2.75. The van der Waals surface area contributed by atoms with E-state index >= 15 is 0 Å². The summed E-state index contributed by atoms with van der Waals surface area (Å²) in [4.78, 5) is 14.6. The third-order valence-electron chi connectivity index (χ3n) is 4.99. The van der Waals surface area contributed by atoms with Crippen molar-refractivity contribution < 1.29 is 17.9 Å². The van der Waals surface area contributed by atoms with Crippen LogP contribution < -0.4 is 10.1 Å². The minimum absolute atomic E-state index is 0.0274. The molecule has 156 valence electrons. The van der Waals surface area contributed by atoms with Crippen LogP contribution in [0.5, 0.6) is 5.75 Å². The lowest BCUT2D eigenvalue weighted by Crippen LogP contribution is -2.50. The minimum Gasteiger partial charge on any atom is -0.497 e. The van der Waals surface area contributed by atoms with Crippen molar-refractivity contribution >= 4 is 15.9 Å². The summed E-state index contributed by atoms with van der Waals surface area (Å²) in [7, 11) is -1.82. The number of carbonyl (C=O) groups excluding carboxylic acids is 1. The molecular weight excluding hydrogens is 390 g/mol. The fourth-order valence-electron chi connectivity index (χ4n) is 3.28. The first-order chi connectivity index (χ1) is 14.0. The van der Waals surface area contributed by atoms with Gasteiger partial charge in [-0.2, -0.15) is 4.31 Å². The van der Waals surface area contributed by atoms with Gasteiger partial charge in [0.15, 0.2) is 0 Å². The summed E-state index contributed by atoms with van der Waals surface area (Å²) in [5.41, 5.74) is 0.933. The lowest BCUT2D eigenvalue weighted by atomic mass is 10.1. The van der Waals surface area contributed by atoms with Gasteiger partial charge in [-0.25, -0.2) is 8.42 Å². The van der Waals surface area contributed by atoms with Crippen molar-refractivity contribution in [3.05, 3.63) is 60.2 Å². The van der Waals surface area contributed by atoms with Crippen molar-refractivity contribution in [2.75, 3.05) is 46.4 Å². The highest BCUT2D eigenvalue weighted by molar-refractivity contribution is 7.89. The molecule has 1 aliphatic rings. The highest BCUT2D eigenvalue weighted by atomic mass is 32.2. The van der Waals surface area contributed by atoms with E-state index in [0.29, 0.717) is 50.6 Å². The van der Waals surface area contributed by atoms with E-state index in [1.165, 1.54) is 4.31 Å². The zero-order valence-electron chi connectivity index (χ0n) is 16.6. The first kappa shape index (κ1) is 21.3. The highest BCUT2D eigenvalue weighted by Gasteiger charge is 2.28. The van der Waals surface area contributed by atoms with Gasteiger partial charge in [-0.3, -0.25) is 9.69 Å². The molecule has 3 rings (SSSR count). The first-order valence-corrected chi connectivity index (χ1v) is 11.1. The van der Waals surface area contributed by atoms with Gasteiger partial charge in [0.25, 0.3) is 0 Å². The van der Waals surface area contributed by atoms with Crippen LogP contribution >= 0.6 is 0 Å². The maximum absolute atomic E-state index is 12.7. The van der Waals surface area contributed by atoms with Crippen molar-refractivity contribution in [2.45, 2.75) is 11.3 Å². The van der Waals surface area contributed by atoms with Crippen LogP contribution in [0.1, 0.15) is 5.56 Å². The normalized spacial score (nSPS) is 15.8. The van der Waals surface area contributed by atoms with Crippen LogP contribution in [0, 0.1) is 0 Å². The van der Waals surface area contributed by atoms with E-state index in [0.717, 1.165) is 11.3 Å². The van der Waals surface area contributed by atoms with E-state index in [4.69, 9.17) is 4.74 Å². The summed E-state index contributed by atoms with van der Waals surface area (Å²) in [5, 5.41) is 2.93. The molecule has 0 saturated carbocycles. The summed E-state index contributed by atoms with van der Waals surface area (Å²) in [6.45, 7) is 3.46. The number of rotatable bonds is 8. The van der Waals surface area contributed by atoms with E-state index < -0.39 is 10.0 Å². The fourth-order valence-corrected chi connectivity index (χ4v) is 4.72. The zero-order chi connectivity index (χ0) is 20.7. The van der Waals surface area contributed by atoms with E-state index in [1.54, 1.807) is 37.4 Å². The predicted octanol–water partition coefficient (Wildman–Crippen LogP) is 1.36. The fraction of sp³-hybridized carbons (Fsp3) is 0.381. The number of methoxy groups -OCH3 is 1. The monoisotopic (exact) mass is 417 g/mol. The minimum atomic E-state index is -3.43. The first-order valence-electron chi connectivity index (χ1n) is 9.66. The molecule has 0 unspecified atom stereocenters. The van der Waals surface area contributed by atoms with Crippen LogP contribution in [-0.4, -0.2) is 69.9 Å². The van der Waals surface area contributed by atoms with E-state index in [9.17, 15) is 13.2 Å². The van der Waals surface area contributed by atoms with Gasteiger partial charge in [0.1, 0.15) is 5.75 Å². The van der Waals surface area contributed by atoms with Gasteiger partial charge in [0, 0.05) is 39.3 Å². The summed E-state index contributed by atoms with van der Waals surface area (Å²) >= 11 is 0. The Morgan fingerprint density at radius 3 is 2.28 bits per heavy atom. The van der Waals surface area contributed by atoms with Crippen LogP contribution in [0.4, 0.5) is 0 Å². The smallest absolute Gasteiger partial charge is 0.243 e. The Kier molecular flexibility index (Phi) is 7.24. The van der Waals surface area contributed by atoms with Crippen LogP contribution in [0.15, 0.2) is 59.5 Å². The van der Waals surface area contributed by atoms with Gasteiger partial charge >= 0.3 is 0 Å². The number of sulfonamides is 1. The molecule has 0 spiro atoms. The Hall–Kier alpha value is -2.42. The largest absolute Gasteiger partial charge is 0.497 e. The second-order valence-corrected chi connectivity index (χ2v) is 8.87. The summed E-state index contributed by atoms with van der Waals surface area (Å²) in [5.74, 6) is 0.739. The van der Waals surface area contributed by atoms with Gasteiger partial charge in [-0.05, 0) is 29.8 Å². The average molecular weight is 418 g/mol. The Balaban J connectivity index is 1.39. The number of nitrogens with zero attached hydrogens (tertiary/aromatic N) is 2. The summed E-state index contributed by atoms with van der Waals surface area (Å²) < 4.78 is 31.9. The number of hydrogen-bond acceptors (Lipinski definition) is 5. The second kappa shape index (κ2) is 9.87. The molecule has 1 aliphatic heterocycles. The summed E-state index contributed by atoms with van der Waals surface area (Å²) in [6, 6.07) is 16.0. The molecule has 29 heavy (non-hydrogen) atoms. The third kappa shape index (κ3) is 5.79. The second-order valence-electron chi connectivity index (χ2n) is 6.93. The van der Waals surface area contributed by atoms with Crippen LogP contribution in [0.3, 0.4) is 0 Å². The molecule has 2 aromatic carbocycles. The Bertz CT molecular complexity index is 893. The molecule has 0 aromatic heterocycles. The number of piperazine rings is 1. The van der Waals surface area contributed by atoms with Crippen LogP contribution in [0.25, 0.3) is 0 Å². The lowest BCUT2D eigenvalue weighted by Gasteiger charge is -2.33. The molecule has 1 N–H and O–H groups in total. The number of nitrogens with one attached hydrogen (secondary N) is 1. The van der Waals surface area contributed by atoms with Gasteiger partial charge in [-0.15, -0.1) is 0 Å². The molecule has 7 nitrogen and oxygen atoms in total. The Morgan fingerprint density at radius 2 is 1.66 bits per heavy atom. The molecule has 1 saturated heterocycles. The molecule has 0 radical (unpaired) electrons. The van der Waals surface area contributed by atoms with Gasteiger partial charge in [0.05, 0.1) is 18.4 Å². The summed E-state index contributed by atoms with van der Waals surface area (Å²) in [6.07, 6.45) is 0.326. The molecule has 0 atom stereocenters. The zero-order valence-corrected chi connectivity index (χ0v) is 17.4. The molecule has 2 aromatic rings. The van der Waals surface area contributed by atoms with Gasteiger partial charge in [0.2, 0.25) is 15.9 Å². The molecule has 1 fully saturated rings.